The van der Waals surface area contributed by atoms with E-state index in [9.17, 15) is 13.2 Å². The van der Waals surface area contributed by atoms with Gasteiger partial charge < -0.3 is 0 Å². The predicted octanol–water partition coefficient (Wildman–Crippen LogP) is 3.56. The Labute approximate surface area is 97.2 Å². The highest BCUT2D eigenvalue weighted by atomic mass is 19.4. The Bertz CT molecular complexity index is 473. The van der Waals surface area contributed by atoms with Gasteiger partial charge in [0.15, 0.2) is 0 Å². The Kier molecular flexibility index (Phi) is 3.83. The summed E-state index contributed by atoms with van der Waals surface area (Å²) in [6, 6.07) is 0.878. The standard InChI is InChI=1S/C12H11F3N2/c1-4-5-6-8(2)10-7-11(12(13,14)15)17-9(3)16-10/h4-7H,1-2H2,3H3/b6-5-. The van der Waals surface area contributed by atoms with Crippen LogP contribution in [0.5, 0.6) is 0 Å². The maximum absolute atomic E-state index is 12.5. The lowest BCUT2D eigenvalue weighted by atomic mass is 10.1. The Hall–Kier alpha value is -1.91. The molecule has 17 heavy (non-hydrogen) atoms. The Morgan fingerprint density at radius 1 is 1.35 bits per heavy atom. The van der Waals surface area contributed by atoms with E-state index in [-0.39, 0.29) is 11.5 Å². The highest BCUT2D eigenvalue weighted by molar-refractivity contribution is 5.69. The maximum atomic E-state index is 12.5. The molecular formula is C12H11F3N2. The molecule has 1 heterocycles. The molecule has 0 fully saturated rings. The molecule has 0 spiro atoms. The molecule has 0 unspecified atom stereocenters. The molecule has 90 valence electrons. The molecule has 0 aliphatic rings. The van der Waals surface area contributed by atoms with Crippen LogP contribution in [0.1, 0.15) is 17.2 Å². The van der Waals surface area contributed by atoms with Crippen LogP contribution in [0.2, 0.25) is 0 Å². The molecule has 0 saturated heterocycles. The first kappa shape index (κ1) is 13.2. The van der Waals surface area contributed by atoms with Gasteiger partial charge in [-0.25, -0.2) is 9.97 Å². The number of nitrogens with zero attached hydrogens (tertiary/aromatic N) is 2. The van der Waals surface area contributed by atoms with E-state index in [1.807, 2.05) is 0 Å². The molecule has 5 heteroatoms. The van der Waals surface area contributed by atoms with E-state index in [2.05, 4.69) is 23.1 Å². The normalized spacial score (nSPS) is 11.8. The van der Waals surface area contributed by atoms with Crippen LogP contribution in [0.25, 0.3) is 5.57 Å². The van der Waals surface area contributed by atoms with E-state index in [1.165, 1.54) is 19.1 Å². The lowest BCUT2D eigenvalue weighted by Gasteiger charge is -2.08. The number of alkyl halides is 3. The van der Waals surface area contributed by atoms with Crippen LogP contribution in [0.3, 0.4) is 0 Å². The van der Waals surface area contributed by atoms with Gasteiger partial charge in [-0.1, -0.05) is 31.4 Å². The van der Waals surface area contributed by atoms with Crippen molar-refractivity contribution >= 4 is 5.57 Å². The van der Waals surface area contributed by atoms with Crippen molar-refractivity contribution in [1.82, 2.24) is 9.97 Å². The van der Waals surface area contributed by atoms with E-state index in [0.717, 1.165) is 6.07 Å². The van der Waals surface area contributed by atoms with Crippen molar-refractivity contribution in [2.45, 2.75) is 13.1 Å². The first-order valence-corrected chi connectivity index (χ1v) is 4.76. The molecule has 0 saturated carbocycles. The van der Waals surface area contributed by atoms with Gasteiger partial charge in [-0.3, -0.25) is 0 Å². The van der Waals surface area contributed by atoms with Gasteiger partial charge in [0.05, 0.1) is 5.69 Å². The molecule has 0 aliphatic heterocycles. The van der Waals surface area contributed by atoms with Crippen LogP contribution >= 0.6 is 0 Å². The van der Waals surface area contributed by atoms with Crippen molar-refractivity contribution in [2.75, 3.05) is 0 Å². The number of aromatic nitrogens is 2. The summed E-state index contributed by atoms with van der Waals surface area (Å²) in [7, 11) is 0. The quantitative estimate of drug-likeness (QED) is 0.755. The van der Waals surface area contributed by atoms with E-state index in [0.29, 0.717) is 5.57 Å². The summed E-state index contributed by atoms with van der Waals surface area (Å²) in [6.45, 7) is 8.50. The fraction of sp³-hybridized carbons (Fsp3) is 0.167. The summed E-state index contributed by atoms with van der Waals surface area (Å²) < 4.78 is 37.5. The van der Waals surface area contributed by atoms with Gasteiger partial charge >= 0.3 is 6.18 Å². The van der Waals surface area contributed by atoms with Gasteiger partial charge in [0, 0.05) is 0 Å². The van der Waals surface area contributed by atoms with Gasteiger partial charge in [0.1, 0.15) is 11.5 Å². The highest BCUT2D eigenvalue weighted by Crippen LogP contribution is 2.29. The van der Waals surface area contributed by atoms with Gasteiger partial charge in [0.25, 0.3) is 0 Å². The molecule has 2 nitrogen and oxygen atoms in total. The molecule has 1 aromatic heterocycles. The SMILES string of the molecule is C=C/C=C\C(=C)c1cc(C(F)(F)F)nc(C)n1. The van der Waals surface area contributed by atoms with Crippen LogP contribution in [-0.2, 0) is 6.18 Å². The van der Waals surface area contributed by atoms with Crippen molar-refractivity contribution in [3.05, 3.63) is 54.7 Å². The Morgan fingerprint density at radius 3 is 2.53 bits per heavy atom. The Balaban J connectivity index is 3.18. The van der Waals surface area contributed by atoms with E-state index < -0.39 is 11.9 Å². The van der Waals surface area contributed by atoms with Crippen LogP contribution in [-0.4, -0.2) is 9.97 Å². The summed E-state index contributed by atoms with van der Waals surface area (Å²) in [4.78, 5) is 7.25. The molecular weight excluding hydrogens is 229 g/mol. The summed E-state index contributed by atoms with van der Waals surface area (Å²) in [5.41, 5.74) is -0.433. The second-order valence-corrected chi connectivity index (χ2v) is 3.30. The minimum atomic E-state index is -4.48. The largest absolute Gasteiger partial charge is 0.433 e. The zero-order valence-corrected chi connectivity index (χ0v) is 9.25. The van der Waals surface area contributed by atoms with E-state index in [4.69, 9.17) is 0 Å². The maximum Gasteiger partial charge on any atom is 0.433 e. The van der Waals surface area contributed by atoms with Crippen molar-refractivity contribution in [3.8, 4) is 0 Å². The van der Waals surface area contributed by atoms with Crippen molar-refractivity contribution in [2.24, 2.45) is 0 Å². The molecule has 0 atom stereocenters. The third kappa shape index (κ3) is 3.55. The van der Waals surface area contributed by atoms with Crippen LogP contribution in [0, 0.1) is 6.92 Å². The molecule has 0 radical (unpaired) electrons. The van der Waals surface area contributed by atoms with Gasteiger partial charge in [-0.2, -0.15) is 13.2 Å². The Morgan fingerprint density at radius 2 is 2.00 bits per heavy atom. The number of rotatable bonds is 3. The number of hydrogen-bond acceptors (Lipinski definition) is 2. The second-order valence-electron chi connectivity index (χ2n) is 3.30. The zero-order chi connectivity index (χ0) is 13.1. The van der Waals surface area contributed by atoms with E-state index in [1.54, 1.807) is 6.08 Å². The highest BCUT2D eigenvalue weighted by Gasteiger charge is 2.33. The molecule has 0 aliphatic carbocycles. The lowest BCUT2D eigenvalue weighted by Crippen LogP contribution is -2.10. The smallest absolute Gasteiger partial charge is 0.233 e. The minimum absolute atomic E-state index is 0.0583. The van der Waals surface area contributed by atoms with Crippen LogP contribution in [0.15, 0.2) is 37.5 Å². The lowest BCUT2D eigenvalue weighted by molar-refractivity contribution is -0.141. The third-order valence-corrected chi connectivity index (χ3v) is 1.89. The second kappa shape index (κ2) is 4.95. The first-order chi connectivity index (χ1) is 7.84. The molecule has 0 N–H and O–H groups in total. The molecule has 0 amide bonds. The molecule has 0 bridgehead atoms. The predicted molar refractivity (Wildman–Crippen MR) is 60.1 cm³/mol. The first-order valence-electron chi connectivity index (χ1n) is 4.76. The fourth-order valence-electron chi connectivity index (χ4n) is 1.15. The molecule has 1 aromatic rings. The molecule has 1 rings (SSSR count). The average Bonchev–Trinajstić information content (AvgIpc) is 2.23. The van der Waals surface area contributed by atoms with Gasteiger partial charge in [0.2, 0.25) is 0 Å². The van der Waals surface area contributed by atoms with E-state index >= 15 is 0 Å². The average molecular weight is 240 g/mol. The fourth-order valence-corrected chi connectivity index (χ4v) is 1.15. The number of allylic oxidation sites excluding steroid dienone is 4. The van der Waals surface area contributed by atoms with Gasteiger partial charge in [-0.05, 0) is 18.6 Å². The van der Waals surface area contributed by atoms with Crippen molar-refractivity contribution < 1.29 is 13.2 Å². The third-order valence-electron chi connectivity index (χ3n) is 1.89. The zero-order valence-electron chi connectivity index (χ0n) is 9.25. The van der Waals surface area contributed by atoms with Crippen molar-refractivity contribution in [3.63, 3.8) is 0 Å². The summed E-state index contributed by atoms with van der Waals surface area (Å²) in [5.74, 6) is 0.0583. The topological polar surface area (TPSA) is 25.8 Å². The minimum Gasteiger partial charge on any atom is -0.233 e. The van der Waals surface area contributed by atoms with Crippen LogP contribution < -0.4 is 0 Å². The molecule has 0 aromatic carbocycles. The van der Waals surface area contributed by atoms with Crippen molar-refractivity contribution in [1.29, 1.82) is 0 Å². The monoisotopic (exact) mass is 240 g/mol. The number of aryl methyl sites for hydroxylation is 1. The van der Waals surface area contributed by atoms with Crippen LogP contribution in [0.4, 0.5) is 13.2 Å². The summed E-state index contributed by atoms with van der Waals surface area (Å²) >= 11 is 0. The summed E-state index contributed by atoms with van der Waals surface area (Å²) in [5, 5.41) is 0. The number of hydrogen-bond donors (Lipinski definition) is 0. The number of halogens is 3. The van der Waals surface area contributed by atoms with Gasteiger partial charge in [-0.15, -0.1) is 0 Å². The summed E-state index contributed by atoms with van der Waals surface area (Å²) in [6.07, 6.45) is 0.136.